The molecule has 0 aromatic heterocycles. The molecule has 0 spiro atoms. The average molecular weight is 486 g/mol. The first-order valence-electron chi connectivity index (χ1n) is 9.41. The van der Waals surface area contributed by atoms with Crippen LogP contribution in [0.2, 0.25) is 0 Å². The molecule has 1 aliphatic carbocycles. The number of carboxylic acid groups (broad SMARTS) is 1. The van der Waals surface area contributed by atoms with Crippen LogP contribution in [-0.2, 0) is 22.6 Å². The van der Waals surface area contributed by atoms with Gasteiger partial charge in [0.15, 0.2) is 6.61 Å². The summed E-state index contributed by atoms with van der Waals surface area (Å²) in [5.74, 6) is -2.37. The predicted octanol–water partition coefficient (Wildman–Crippen LogP) is 6.84. The number of alkyl halides is 9. The van der Waals surface area contributed by atoms with E-state index >= 15 is 0 Å². The van der Waals surface area contributed by atoms with Gasteiger partial charge in [0.05, 0.1) is 16.5 Å². The molecular weight excluding hydrogens is 471 g/mol. The molecule has 12 heteroatoms. The van der Waals surface area contributed by atoms with Crippen LogP contribution in [0, 0.1) is 0 Å². The molecule has 0 atom stereocenters. The Morgan fingerprint density at radius 3 is 1.88 bits per heavy atom. The first-order chi connectivity index (χ1) is 15.0. The molecule has 0 saturated heterocycles. The smallest absolute Gasteiger partial charge is 0.422 e. The van der Waals surface area contributed by atoms with Crippen molar-refractivity contribution in [3.05, 3.63) is 53.1 Å². The summed E-state index contributed by atoms with van der Waals surface area (Å²) < 4.78 is 123. The Hall–Kier alpha value is -2.92. The maximum Gasteiger partial charge on any atom is 0.422 e. The quantitative estimate of drug-likeness (QED) is 0.471. The summed E-state index contributed by atoms with van der Waals surface area (Å²) >= 11 is 0. The van der Waals surface area contributed by atoms with Crippen LogP contribution < -0.4 is 4.74 Å². The highest BCUT2D eigenvalue weighted by molar-refractivity contribution is 5.84. The molecule has 1 aliphatic rings. The Bertz CT molecular complexity index is 1030. The summed E-state index contributed by atoms with van der Waals surface area (Å²) in [5, 5.41) is 9.57. The van der Waals surface area contributed by atoms with Gasteiger partial charge in [0, 0.05) is 5.56 Å². The molecule has 1 fully saturated rings. The molecule has 0 bridgehead atoms. The summed E-state index contributed by atoms with van der Waals surface area (Å²) in [6.07, 6.45) is -14.6. The van der Waals surface area contributed by atoms with E-state index in [-0.39, 0.29) is 18.4 Å². The van der Waals surface area contributed by atoms with Gasteiger partial charge in [-0.3, -0.25) is 4.79 Å². The lowest BCUT2D eigenvalue weighted by molar-refractivity contribution is -0.154. The topological polar surface area (TPSA) is 46.5 Å². The molecule has 1 saturated carbocycles. The van der Waals surface area contributed by atoms with Crippen molar-refractivity contribution in [2.45, 2.75) is 43.2 Å². The van der Waals surface area contributed by atoms with Gasteiger partial charge < -0.3 is 9.84 Å². The zero-order valence-electron chi connectivity index (χ0n) is 16.5. The Morgan fingerprint density at radius 1 is 0.909 bits per heavy atom. The zero-order valence-corrected chi connectivity index (χ0v) is 16.5. The van der Waals surface area contributed by atoms with Crippen LogP contribution in [0.15, 0.2) is 36.4 Å². The van der Waals surface area contributed by atoms with Gasteiger partial charge in [-0.15, -0.1) is 0 Å². The minimum atomic E-state index is -5.17. The summed E-state index contributed by atoms with van der Waals surface area (Å²) in [5.41, 5.74) is -6.19. The highest BCUT2D eigenvalue weighted by Crippen LogP contribution is 2.50. The minimum absolute atomic E-state index is 0.0298. The third-order valence-electron chi connectivity index (χ3n) is 5.47. The molecule has 3 rings (SSSR count). The second-order valence-corrected chi connectivity index (χ2v) is 7.61. The Balaban J connectivity index is 2.26. The van der Waals surface area contributed by atoms with Crippen LogP contribution in [0.4, 0.5) is 39.5 Å². The Labute approximate surface area is 180 Å². The third kappa shape index (κ3) is 5.03. The number of halogens is 9. The number of ether oxygens (including phenoxy) is 1. The van der Waals surface area contributed by atoms with Gasteiger partial charge in [-0.2, -0.15) is 39.5 Å². The fraction of sp³-hybridized carbons (Fsp3) is 0.381. The summed E-state index contributed by atoms with van der Waals surface area (Å²) in [6, 6.07) is 3.65. The van der Waals surface area contributed by atoms with Crippen molar-refractivity contribution in [2.75, 3.05) is 6.61 Å². The second-order valence-electron chi connectivity index (χ2n) is 7.61. The van der Waals surface area contributed by atoms with Crippen LogP contribution in [-0.4, -0.2) is 23.9 Å². The number of hydrogen-bond acceptors (Lipinski definition) is 2. The molecule has 0 unspecified atom stereocenters. The normalized spacial score (nSPS) is 16.3. The Kier molecular flexibility index (Phi) is 6.10. The van der Waals surface area contributed by atoms with Crippen LogP contribution >= 0.6 is 0 Å². The third-order valence-corrected chi connectivity index (χ3v) is 5.47. The van der Waals surface area contributed by atoms with Crippen molar-refractivity contribution < 1.29 is 54.2 Å². The zero-order chi connectivity index (χ0) is 24.8. The number of rotatable bonds is 5. The molecule has 0 aliphatic heterocycles. The molecule has 33 heavy (non-hydrogen) atoms. The van der Waals surface area contributed by atoms with Gasteiger partial charge in [-0.05, 0) is 48.2 Å². The number of aliphatic carboxylic acids is 1. The van der Waals surface area contributed by atoms with Gasteiger partial charge >= 0.3 is 24.5 Å². The monoisotopic (exact) mass is 486 g/mol. The van der Waals surface area contributed by atoms with Gasteiger partial charge in [-0.25, -0.2) is 0 Å². The van der Waals surface area contributed by atoms with E-state index in [2.05, 4.69) is 4.74 Å². The fourth-order valence-corrected chi connectivity index (χ4v) is 3.67. The highest BCUT2D eigenvalue weighted by atomic mass is 19.4. The van der Waals surface area contributed by atoms with E-state index in [1.54, 1.807) is 0 Å². The summed E-state index contributed by atoms with van der Waals surface area (Å²) in [7, 11) is 0. The molecular formula is C21H15F9O3. The van der Waals surface area contributed by atoms with E-state index < -0.39 is 64.5 Å². The molecule has 1 N–H and O–H groups in total. The van der Waals surface area contributed by atoms with Crippen molar-refractivity contribution in [1.29, 1.82) is 0 Å². The van der Waals surface area contributed by atoms with Crippen LogP contribution in [0.5, 0.6) is 5.75 Å². The first-order valence-corrected chi connectivity index (χ1v) is 9.41. The standard InChI is InChI=1S/C21H15F9O3/c22-19(23,24)10-33-15-9-13(18(17(31)32)6-1-7-18)8-14(21(28,29)30)16(15)11-2-4-12(5-3-11)20(25,26)27/h2-5,8-9H,1,6-7,10H2,(H,31,32). The van der Waals surface area contributed by atoms with Crippen molar-refractivity contribution >= 4 is 5.97 Å². The number of hydrogen-bond donors (Lipinski definition) is 1. The second kappa shape index (κ2) is 8.14. The van der Waals surface area contributed by atoms with Gasteiger partial charge in [-0.1, -0.05) is 18.6 Å². The van der Waals surface area contributed by atoms with Gasteiger partial charge in [0.2, 0.25) is 0 Å². The van der Waals surface area contributed by atoms with Crippen molar-refractivity contribution in [2.24, 2.45) is 0 Å². The molecule has 180 valence electrons. The largest absolute Gasteiger partial charge is 0.483 e. The van der Waals surface area contributed by atoms with Gasteiger partial charge in [0.25, 0.3) is 0 Å². The van der Waals surface area contributed by atoms with Crippen LogP contribution in [0.25, 0.3) is 11.1 Å². The van der Waals surface area contributed by atoms with Crippen molar-refractivity contribution in [3.8, 4) is 16.9 Å². The van der Waals surface area contributed by atoms with E-state index in [1.807, 2.05) is 0 Å². The maximum absolute atomic E-state index is 13.9. The van der Waals surface area contributed by atoms with Crippen molar-refractivity contribution in [3.63, 3.8) is 0 Å². The number of carbonyl (C=O) groups is 1. The Morgan fingerprint density at radius 2 is 1.48 bits per heavy atom. The number of carboxylic acids is 1. The molecule has 0 amide bonds. The molecule has 3 nitrogen and oxygen atoms in total. The lowest BCUT2D eigenvalue weighted by atomic mass is 9.64. The lowest BCUT2D eigenvalue weighted by Crippen LogP contribution is -2.42. The number of benzene rings is 2. The predicted molar refractivity (Wildman–Crippen MR) is 96.6 cm³/mol. The lowest BCUT2D eigenvalue weighted by Gasteiger charge is -2.39. The van der Waals surface area contributed by atoms with Gasteiger partial charge in [0.1, 0.15) is 5.75 Å². The summed E-state index contributed by atoms with van der Waals surface area (Å²) in [6.45, 7) is -1.98. The average Bonchev–Trinajstić information content (AvgIpc) is 2.63. The molecule has 0 radical (unpaired) electrons. The maximum atomic E-state index is 13.9. The highest BCUT2D eigenvalue weighted by Gasteiger charge is 2.48. The van der Waals surface area contributed by atoms with E-state index in [4.69, 9.17) is 0 Å². The van der Waals surface area contributed by atoms with Crippen LogP contribution in [0.3, 0.4) is 0 Å². The molecule has 0 heterocycles. The van der Waals surface area contributed by atoms with Crippen LogP contribution in [0.1, 0.15) is 36.0 Å². The minimum Gasteiger partial charge on any atom is -0.483 e. The fourth-order valence-electron chi connectivity index (χ4n) is 3.67. The van der Waals surface area contributed by atoms with E-state index in [0.29, 0.717) is 36.8 Å². The van der Waals surface area contributed by atoms with E-state index in [9.17, 15) is 49.4 Å². The van der Waals surface area contributed by atoms with E-state index in [1.165, 1.54) is 0 Å². The van der Waals surface area contributed by atoms with E-state index in [0.717, 1.165) is 6.07 Å². The SMILES string of the molecule is O=C(O)C1(c2cc(OCC(F)(F)F)c(-c3ccc(C(F)(F)F)cc3)c(C(F)(F)F)c2)CCC1. The molecule has 2 aromatic rings. The van der Waals surface area contributed by atoms with Crippen molar-refractivity contribution in [1.82, 2.24) is 0 Å². The molecule has 2 aromatic carbocycles. The summed E-state index contributed by atoms with van der Waals surface area (Å²) in [4.78, 5) is 11.8. The first kappa shape index (κ1) is 24.7.